The molecule has 3 atom stereocenters. The van der Waals surface area contributed by atoms with Crippen LogP contribution in [0.15, 0.2) is 95.3 Å². The van der Waals surface area contributed by atoms with Gasteiger partial charge in [0.25, 0.3) is 0 Å². The molecular formula is C24H18N5OS+. The van der Waals surface area contributed by atoms with Crippen LogP contribution in [0.3, 0.4) is 0 Å². The molecule has 150 valence electrons. The highest BCUT2D eigenvalue weighted by atomic mass is 32.1. The summed E-state index contributed by atoms with van der Waals surface area (Å²) in [6.45, 7) is 0. The first kappa shape index (κ1) is 20.3. The number of allylic oxidation sites excluding steroid dienone is 2. The lowest BCUT2D eigenvalue weighted by Crippen LogP contribution is -2.62. The second-order valence-electron chi connectivity index (χ2n) is 7.03. The van der Waals surface area contributed by atoms with Gasteiger partial charge in [0.1, 0.15) is 11.6 Å². The average Bonchev–Trinajstić information content (AvgIpc) is 3.35. The number of aliphatic hydroxyl groups is 1. The number of hydrogen-bond donors (Lipinski definition) is 3. The van der Waals surface area contributed by atoms with Gasteiger partial charge < -0.3 is 10.4 Å². The van der Waals surface area contributed by atoms with Gasteiger partial charge >= 0.3 is 0 Å². The molecule has 0 fully saturated rings. The summed E-state index contributed by atoms with van der Waals surface area (Å²) in [5, 5.41) is 44.4. The fraction of sp³-hybridized carbons (Fsp3) is 0.125. The molecule has 3 N–H and O–H groups in total. The quantitative estimate of drug-likeness (QED) is 0.339. The van der Waals surface area contributed by atoms with E-state index in [1.807, 2.05) is 76.9 Å². The van der Waals surface area contributed by atoms with E-state index in [9.17, 15) is 15.6 Å². The molecule has 0 aliphatic carbocycles. The van der Waals surface area contributed by atoms with Gasteiger partial charge in [0.05, 0.1) is 23.3 Å². The van der Waals surface area contributed by atoms with Crippen molar-refractivity contribution in [3.8, 4) is 12.1 Å². The molecule has 3 heterocycles. The Labute approximate surface area is 183 Å². The molecule has 1 aliphatic heterocycles. The minimum atomic E-state index is -1.67. The summed E-state index contributed by atoms with van der Waals surface area (Å²) in [6.07, 6.45) is 3.69. The van der Waals surface area contributed by atoms with Crippen LogP contribution in [0.2, 0.25) is 0 Å². The van der Waals surface area contributed by atoms with Gasteiger partial charge in [-0.25, -0.2) is 0 Å². The van der Waals surface area contributed by atoms with Crippen molar-refractivity contribution in [1.82, 2.24) is 5.32 Å². The minimum absolute atomic E-state index is 0.123. The Hall–Kier alpha value is -4.00. The fourth-order valence-corrected chi connectivity index (χ4v) is 4.91. The highest BCUT2D eigenvalue weighted by molar-refractivity contribution is 7.10. The van der Waals surface area contributed by atoms with Crippen LogP contribution in [-0.2, 0) is 5.72 Å². The third-order valence-electron chi connectivity index (χ3n) is 5.37. The molecule has 31 heavy (non-hydrogen) atoms. The first-order valence-corrected chi connectivity index (χ1v) is 10.4. The molecule has 6 nitrogen and oxygen atoms in total. The van der Waals surface area contributed by atoms with Crippen LogP contribution in [0.25, 0.3) is 0 Å². The predicted octanol–water partition coefficient (Wildman–Crippen LogP) is 3.29. The van der Waals surface area contributed by atoms with Crippen LogP contribution in [0.5, 0.6) is 0 Å². The van der Waals surface area contributed by atoms with E-state index >= 15 is 0 Å². The number of nitrogens with zero attached hydrogens (tertiary/aromatic N) is 3. The van der Waals surface area contributed by atoms with Gasteiger partial charge in [0, 0.05) is 22.6 Å². The van der Waals surface area contributed by atoms with E-state index in [2.05, 4.69) is 17.3 Å². The molecule has 0 spiro atoms. The lowest BCUT2D eigenvalue weighted by Gasteiger charge is -2.42. The van der Waals surface area contributed by atoms with E-state index in [-0.39, 0.29) is 16.8 Å². The van der Waals surface area contributed by atoms with Gasteiger partial charge in [-0.2, -0.15) is 15.1 Å². The highest BCUT2D eigenvalue weighted by Gasteiger charge is 2.56. The monoisotopic (exact) mass is 424 g/mol. The zero-order valence-electron chi connectivity index (χ0n) is 16.4. The third-order valence-corrected chi connectivity index (χ3v) is 6.33. The fourth-order valence-electron chi connectivity index (χ4n) is 4.04. The lowest BCUT2D eigenvalue weighted by molar-refractivity contribution is -0.743. The maximum atomic E-state index is 12.2. The van der Waals surface area contributed by atoms with E-state index in [1.54, 1.807) is 12.1 Å². The Bertz CT molecular complexity index is 1250. The van der Waals surface area contributed by atoms with E-state index in [1.165, 1.54) is 11.3 Å². The molecule has 7 heteroatoms. The summed E-state index contributed by atoms with van der Waals surface area (Å²) in [5.41, 5.74) is -0.826. The zero-order chi connectivity index (χ0) is 21.8. The Kier molecular flexibility index (Phi) is 5.49. The average molecular weight is 425 g/mol. The molecule has 1 aliphatic rings. The van der Waals surface area contributed by atoms with E-state index in [4.69, 9.17) is 5.41 Å². The van der Waals surface area contributed by atoms with Crippen molar-refractivity contribution in [3.63, 3.8) is 0 Å². The first-order chi connectivity index (χ1) is 15.1. The Morgan fingerprint density at radius 3 is 2.35 bits per heavy atom. The molecule has 2 aromatic heterocycles. The maximum Gasteiger partial charge on any atom is 0.227 e. The number of rotatable bonds is 4. The number of benzene rings is 1. The van der Waals surface area contributed by atoms with Crippen LogP contribution in [-0.4, -0.2) is 11.0 Å². The second kappa shape index (κ2) is 8.39. The van der Waals surface area contributed by atoms with Gasteiger partial charge in [-0.3, -0.25) is 5.41 Å². The molecule has 0 bridgehead atoms. The van der Waals surface area contributed by atoms with Crippen molar-refractivity contribution in [3.05, 3.63) is 106 Å². The van der Waals surface area contributed by atoms with Crippen molar-refractivity contribution in [2.75, 3.05) is 0 Å². The molecule has 0 amide bonds. The van der Waals surface area contributed by atoms with Crippen molar-refractivity contribution >= 4 is 17.2 Å². The number of pyridine rings is 1. The minimum Gasteiger partial charge on any atom is -0.362 e. The highest BCUT2D eigenvalue weighted by Crippen LogP contribution is 2.48. The van der Waals surface area contributed by atoms with Crippen molar-refractivity contribution in [1.29, 1.82) is 15.9 Å². The number of nitrogens with one attached hydrogen (secondary N) is 2. The van der Waals surface area contributed by atoms with Crippen LogP contribution >= 0.6 is 11.3 Å². The summed E-state index contributed by atoms with van der Waals surface area (Å²) < 4.78 is 1.87. The van der Waals surface area contributed by atoms with Crippen molar-refractivity contribution < 1.29 is 9.67 Å². The lowest BCUT2D eigenvalue weighted by atomic mass is 9.75. The van der Waals surface area contributed by atoms with E-state index in [0.29, 0.717) is 5.56 Å². The summed E-state index contributed by atoms with van der Waals surface area (Å²) in [6, 6.07) is 22.0. The second-order valence-corrected chi connectivity index (χ2v) is 8.01. The number of thiophene rings is 1. The summed E-state index contributed by atoms with van der Waals surface area (Å²) in [5.74, 6) is 1.56. The van der Waals surface area contributed by atoms with Gasteiger partial charge in [-0.05, 0) is 17.3 Å². The Morgan fingerprint density at radius 2 is 1.77 bits per heavy atom. The molecule has 0 saturated carbocycles. The van der Waals surface area contributed by atoms with Crippen LogP contribution in [0.4, 0.5) is 0 Å². The van der Waals surface area contributed by atoms with Crippen molar-refractivity contribution in [2.24, 2.45) is 0 Å². The SMILES string of the molecule is N#CC(=C=N)C1=C(C#N)[C@H](c2cccs2)[C@@H]([n+]2ccccc2)[C@@](O)(c2ccccc2)N1. The summed E-state index contributed by atoms with van der Waals surface area (Å²) >= 11 is 1.47. The molecule has 0 unspecified atom stereocenters. The molecule has 1 aromatic carbocycles. The number of aromatic nitrogens is 1. The smallest absolute Gasteiger partial charge is 0.227 e. The van der Waals surface area contributed by atoms with Gasteiger partial charge in [-0.1, -0.05) is 42.5 Å². The van der Waals surface area contributed by atoms with Crippen molar-refractivity contribution in [2.45, 2.75) is 17.7 Å². The van der Waals surface area contributed by atoms with Gasteiger partial charge in [0.15, 0.2) is 12.4 Å². The molecule has 0 saturated heterocycles. The largest absolute Gasteiger partial charge is 0.362 e. The summed E-state index contributed by atoms with van der Waals surface area (Å²) in [4.78, 5) is 0.869. The predicted molar refractivity (Wildman–Crippen MR) is 116 cm³/mol. The third kappa shape index (κ3) is 3.44. The molecule has 4 rings (SSSR count). The normalized spacial score (nSPS) is 22.5. The zero-order valence-corrected chi connectivity index (χ0v) is 17.2. The molecular weight excluding hydrogens is 406 g/mol. The molecule has 3 aromatic rings. The number of nitriles is 2. The summed E-state index contributed by atoms with van der Waals surface area (Å²) in [7, 11) is 0. The van der Waals surface area contributed by atoms with Crippen LogP contribution in [0.1, 0.15) is 22.4 Å². The molecule has 0 radical (unpaired) electrons. The number of hydrogen-bond acceptors (Lipinski definition) is 6. The van der Waals surface area contributed by atoms with E-state index in [0.717, 1.165) is 4.88 Å². The Balaban J connectivity index is 2.09. The van der Waals surface area contributed by atoms with Crippen LogP contribution < -0.4 is 9.88 Å². The van der Waals surface area contributed by atoms with Gasteiger partial charge in [0.2, 0.25) is 11.8 Å². The first-order valence-electron chi connectivity index (χ1n) is 9.53. The van der Waals surface area contributed by atoms with E-state index < -0.39 is 17.7 Å². The maximum absolute atomic E-state index is 12.2. The van der Waals surface area contributed by atoms with Crippen LogP contribution in [0, 0.1) is 28.1 Å². The topological polar surface area (TPSA) is 108 Å². The van der Waals surface area contributed by atoms with Gasteiger partial charge in [-0.15, -0.1) is 11.3 Å². The standard InChI is InChI=1S/C24H18N5OS/c25-14-17(15-26)22-19(16-27)21(20-10-7-13-31-20)23(29-11-5-2-6-12-29)24(30,28-22)18-8-3-1-4-9-18/h1-13,21,23,25,28,30H/q+1/t21-,23-,24+/m1/s1. The Morgan fingerprint density at radius 1 is 1.06 bits per heavy atom.